The molecule has 3 aliphatic heterocycles. The van der Waals surface area contributed by atoms with Crippen LogP contribution in [0.25, 0.3) is 0 Å². The van der Waals surface area contributed by atoms with E-state index in [1.807, 2.05) is 17.0 Å². The van der Waals surface area contributed by atoms with E-state index in [9.17, 15) is 4.79 Å². The van der Waals surface area contributed by atoms with Crippen molar-refractivity contribution in [1.29, 1.82) is 0 Å². The predicted molar refractivity (Wildman–Crippen MR) is 123 cm³/mol. The van der Waals surface area contributed by atoms with Gasteiger partial charge >= 0.3 is 0 Å². The van der Waals surface area contributed by atoms with Crippen molar-refractivity contribution < 1.29 is 13.6 Å². The summed E-state index contributed by atoms with van der Waals surface area (Å²) in [6, 6.07) is 6.98. The molecule has 2 aromatic rings. The Bertz CT molecular complexity index is 961. The summed E-state index contributed by atoms with van der Waals surface area (Å²) in [7, 11) is 0. The molecule has 0 bridgehead atoms. The van der Waals surface area contributed by atoms with Crippen molar-refractivity contribution in [3.8, 4) is 0 Å². The zero-order valence-electron chi connectivity index (χ0n) is 18.1. The van der Waals surface area contributed by atoms with E-state index in [1.165, 1.54) is 16.0 Å². The highest BCUT2D eigenvalue weighted by Crippen LogP contribution is 2.41. The number of carbonyl (C=O) groups is 1. The number of likely N-dealkylation sites (tertiary alicyclic amines) is 1. The van der Waals surface area contributed by atoms with Gasteiger partial charge in [-0.1, -0.05) is 12.1 Å². The van der Waals surface area contributed by atoms with Crippen LogP contribution in [0.4, 0.5) is 14.5 Å². The van der Waals surface area contributed by atoms with Crippen LogP contribution >= 0.6 is 11.3 Å². The smallest absolute Gasteiger partial charge is 0.267 e. The van der Waals surface area contributed by atoms with E-state index < -0.39 is 11.8 Å². The normalized spacial score (nSPS) is 25.8. The van der Waals surface area contributed by atoms with E-state index in [-0.39, 0.29) is 18.5 Å². The Hall–Kier alpha value is -2.03. The van der Waals surface area contributed by atoms with Gasteiger partial charge in [-0.3, -0.25) is 9.69 Å². The fourth-order valence-corrected chi connectivity index (χ4v) is 6.24. The molecule has 172 valence electrons. The van der Waals surface area contributed by atoms with Gasteiger partial charge in [-0.2, -0.15) is 0 Å². The zero-order chi connectivity index (χ0) is 22.1. The lowest BCUT2D eigenvalue weighted by atomic mass is 9.86. The molecule has 5 nitrogen and oxygen atoms in total. The first-order valence-corrected chi connectivity index (χ1v) is 12.4. The number of fused-ring (bicyclic) bond motifs is 1. The molecule has 2 unspecified atom stereocenters. The molecular weight excluding hydrogens is 430 g/mol. The molecule has 0 aliphatic carbocycles. The minimum atomic E-state index is -2.77. The lowest BCUT2D eigenvalue weighted by Crippen LogP contribution is -2.47. The molecule has 5 rings (SSSR count). The molecule has 0 radical (unpaired) electrons. The van der Waals surface area contributed by atoms with Gasteiger partial charge in [-0.25, -0.2) is 8.78 Å². The zero-order valence-corrected chi connectivity index (χ0v) is 18.9. The Kier molecular flexibility index (Phi) is 6.18. The summed E-state index contributed by atoms with van der Waals surface area (Å²) in [5, 5.41) is 11.6. The number of nitrogens with one attached hydrogen (secondary N) is 3. The first kappa shape index (κ1) is 21.8. The van der Waals surface area contributed by atoms with Gasteiger partial charge in [0.1, 0.15) is 6.04 Å². The van der Waals surface area contributed by atoms with E-state index in [2.05, 4.69) is 21.3 Å². The number of halogens is 2. The third-order valence-electron chi connectivity index (χ3n) is 6.92. The molecule has 2 atom stereocenters. The van der Waals surface area contributed by atoms with Gasteiger partial charge in [0.2, 0.25) is 5.91 Å². The number of hydrogen-bond donors (Lipinski definition) is 3. The Balaban J connectivity index is 1.22. The van der Waals surface area contributed by atoms with Gasteiger partial charge in [0, 0.05) is 30.2 Å². The number of anilines is 1. The maximum absolute atomic E-state index is 15.2. The molecule has 32 heavy (non-hydrogen) atoms. The number of piperidine rings is 2. The predicted octanol–water partition coefficient (Wildman–Crippen LogP) is 3.71. The molecule has 0 spiro atoms. The van der Waals surface area contributed by atoms with Crippen LogP contribution in [0.5, 0.6) is 0 Å². The van der Waals surface area contributed by atoms with Crippen LogP contribution in [0.1, 0.15) is 46.7 Å². The average Bonchev–Trinajstić information content (AvgIpc) is 3.18. The second-order valence-electron chi connectivity index (χ2n) is 9.15. The van der Waals surface area contributed by atoms with E-state index in [0.717, 1.165) is 44.6 Å². The Morgan fingerprint density at radius 3 is 2.81 bits per heavy atom. The number of rotatable bonds is 5. The number of benzene rings is 1. The van der Waals surface area contributed by atoms with Crippen molar-refractivity contribution in [2.24, 2.45) is 0 Å². The van der Waals surface area contributed by atoms with E-state index >= 15 is 8.78 Å². The fraction of sp³-hybridized carbons (Fsp3) is 0.542. The van der Waals surface area contributed by atoms with Crippen LogP contribution in [0.2, 0.25) is 0 Å². The second-order valence-corrected chi connectivity index (χ2v) is 10.1. The second kappa shape index (κ2) is 9.08. The molecule has 1 aromatic carbocycles. The number of hydrogen-bond acceptors (Lipinski definition) is 5. The van der Waals surface area contributed by atoms with Gasteiger partial charge in [0.05, 0.1) is 12.5 Å². The van der Waals surface area contributed by atoms with E-state index in [0.29, 0.717) is 25.1 Å². The molecule has 1 amide bonds. The summed E-state index contributed by atoms with van der Waals surface area (Å²) in [5.41, 5.74) is 4.07. The lowest BCUT2D eigenvalue weighted by molar-refractivity contribution is -0.123. The molecule has 8 heteroatoms. The summed E-state index contributed by atoms with van der Waals surface area (Å²) < 4.78 is 30.4. The van der Waals surface area contributed by atoms with Gasteiger partial charge in [-0.15, -0.1) is 11.3 Å². The summed E-state index contributed by atoms with van der Waals surface area (Å²) in [6.07, 6.45) is 3.16. The number of carbonyl (C=O) groups excluding carboxylic acids is 1. The number of thiophene rings is 1. The number of amides is 1. The number of alkyl halides is 2. The van der Waals surface area contributed by atoms with Crippen LogP contribution in [0, 0.1) is 0 Å². The fourth-order valence-electron chi connectivity index (χ4n) is 5.18. The van der Waals surface area contributed by atoms with Crippen LogP contribution in [0.15, 0.2) is 29.6 Å². The highest BCUT2D eigenvalue weighted by molar-refractivity contribution is 7.10. The van der Waals surface area contributed by atoms with Crippen molar-refractivity contribution in [1.82, 2.24) is 15.5 Å². The minimum Gasteiger partial charge on any atom is -0.374 e. The average molecular weight is 461 g/mol. The van der Waals surface area contributed by atoms with Crippen LogP contribution in [0.3, 0.4) is 0 Å². The largest absolute Gasteiger partial charge is 0.374 e. The minimum absolute atomic E-state index is 0.00221. The SMILES string of the molecule is O=C1NCCCC1Nc1ccc(C2CCN(Cc3csc4c3CCNC4)CC2(F)F)cc1. The summed E-state index contributed by atoms with van der Waals surface area (Å²) in [5.74, 6) is -3.54. The molecule has 3 N–H and O–H groups in total. The molecule has 2 fully saturated rings. The topological polar surface area (TPSA) is 56.4 Å². The van der Waals surface area contributed by atoms with Crippen molar-refractivity contribution in [3.05, 3.63) is 51.2 Å². The van der Waals surface area contributed by atoms with Gasteiger partial charge in [0.15, 0.2) is 0 Å². The quantitative estimate of drug-likeness (QED) is 0.637. The molecule has 0 saturated carbocycles. The van der Waals surface area contributed by atoms with Gasteiger partial charge < -0.3 is 16.0 Å². The third-order valence-corrected chi connectivity index (χ3v) is 7.99. The maximum atomic E-state index is 15.2. The van der Waals surface area contributed by atoms with Crippen molar-refractivity contribution in [3.63, 3.8) is 0 Å². The molecule has 1 aromatic heterocycles. The lowest BCUT2D eigenvalue weighted by Gasteiger charge is -2.38. The van der Waals surface area contributed by atoms with Crippen molar-refractivity contribution in [2.75, 3.05) is 31.5 Å². The van der Waals surface area contributed by atoms with Crippen LogP contribution in [-0.2, 0) is 24.3 Å². The molecular formula is C24H30F2N4OS. The highest BCUT2D eigenvalue weighted by Gasteiger charge is 2.45. The Morgan fingerprint density at radius 2 is 2.03 bits per heavy atom. The van der Waals surface area contributed by atoms with Crippen molar-refractivity contribution >= 4 is 22.9 Å². The van der Waals surface area contributed by atoms with Gasteiger partial charge in [-0.05, 0) is 73.0 Å². The summed E-state index contributed by atoms with van der Waals surface area (Å²) in [6.45, 7) is 3.66. The maximum Gasteiger partial charge on any atom is 0.267 e. The standard InChI is InChI=1S/C24H30F2N4OS/c25-24(26)15-30(13-17-14-32-22-12-27-10-7-19(17)22)11-8-20(24)16-3-5-18(6-4-16)29-21-2-1-9-28-23(21)31/h3-6,14,20-21,27,29H,1-2,7-13,15H2,(H,28,31). The molecule has 3 aliphatic rings. The highest BCUT2D eigenvalue weighted by atomic mass is 32.1. The molecule has 4 heterocycles. The van der Waals surface area contributed by atoms with Crippen LogP contribution in [-0.4, -0.2) is 49.0 Å². The monoisotopic (exact) mass is 460 g/mol. The van der Waals surface area contributed by atoms with Crippen molar-refractivity contribution in [2.45, 2.75) is 56.7 Å². The van der Waals surface area contributed by atoms with Crippen LogP contribution < -0.4 is 16.0 Å². The number of nitrogens with zero attached hydrogens (tertiary/aromatic N) is 1. The molecule has 2 saturated heterocycles. The Morgan fingerprint density at radius 1 is 1.19 bits per heavy atom. The summed E-state index contributed by atoms with van der Waals surface area (Å²) >= 11 is 1.74. The summed E-state index contributed by atoms with van der Waals surface area (Å²) in [4.78, 5) is 15.2. The first-order valence-electron chi connectivity index (χ1n) is 11.5. The first-order chi connectivity index (χ1) is 15.5. The van der Waals surface area contributed by atoms with E-state index in [1.54, 1.807) is 23.5 Å². The third kappa shape index (κ3) is 4.54. The van der Waals surface area contributed by atoms with E-state index in [4.69, 9.17) is 0 Å². The van der Waals surface area contributed by atoms with Gasteiger partial charge in [0.25, 0.3) is 5.92 Å². The Labute approximate surface area is 191 Å².